The molecule has 0 radical (unpaired) electrons. The second kappa shape index (κ2) is 7.41. The standard InChI is InChI=1S/C24H34N2O4S/c1-23(6-7-23)13-29-22-20(31-17-4-2-3-5-17)19(30-26-22)21(27)25-18-15-8-14-9-16(18)12-24(28,10-14)11-15/h14-18,28H,2-13H2,1H3,(H,25,27). The van der Waals surface area contributed by atoms with Crippen molar-refractivity contribution in [3.05, 3.63) is 5.76 Å². The molecule has 170 valence electrons. The van der Waals surface area contributed by atoms with Gasteiger partial charge in [-0.1, -0.05) is 19.8 Å². The Morgan fingerprint density at radius 2 is 1.94 bits per heavy atom. The average molecular weight is 447 g/mol. The van der Waals surface area contributed by atoms with Gasteiger partial charge in [-0.15, -0.1) is 11.8 Å². The van der Waals surface area contributed by atoms with Crippen molar-refractivity contribution >= 4 is 17.7 Å². The van der Waals surface area contributed by atoms with E-state index in [-0.39, 0.29) is 17.4 Å². The summed E-state index contributed by atoms with van der Waals surface area (Å²) in [6, 6.07) is 0.133. The first-order valence-electron chi connectivity index (χ1n) is 12.2. The van der Waals surface area contributed by atoms with Crippen LogP contribution in [0.5, 0.6) is 5.88 Å². The van der Waals surface area contributed by atoms with Crippen LogP contribution in [0.2, 0.25) is 0 Å². The molecular formula is C24H34N2O4S. The third-order valence-electron chi connectivity index (χ3n) is 8.61. The maximum atomic E-state index is 13.4. The van der Waals surface area contributed by atoms with Gasteiger partial charge in [0, 0.05) is 16.7 Å². The molecule has 1 amide bonds. The van der Waals surface area contributed by atoms with E-state index in [4.69, 9.17) is 9.26 Å². The minimum Gasteiger partial charge on any atom is -0.474 e. The zero-order chi connectivity index (χ0) is 21.2. The summed E-state index contributed by atoms with van der Waals surface area (Å²) in [4.78, 5) is 14.1. The summed E-state index contributed by atoms with van der Waals surface area (Å²) >= 11 is 1.72. The Labute approximate surface area is 188 Å². The number of nitrogens with zero attached hydrogens (tertiary/aromatic N) is 1. The number of thioether (sulfide) groups is 1. The number of carbonyl (C=O) groups excluding carboxylic acids is 1. The smallest absolute Gasteiger partial charge is 0.291 e. The molecule has 31 heavy (non-hydrogen) atoms. The van der Waals surface area contributed by atoms with Gasteiger partial charge >= 0.3 is 0 Å². The molecule has 7 heteroatoms. The molecule has 6 fully saturated rings. The van der Waals surface area contributed by atoms with Crippen LogP contribution in [-0.4, -0.2) is 39.7 Å². The van der Waals surface area contributed by atoms with E-state index in [9.17, 15) is 9.90 Å². The fourth-order valence-electron chi connectivity index (χ4n) is 6.81. The Bertz CT molecular complexity index is 844. The van der Waals surface area contributed by atoms with Gasteiger partial charge in [0.05, 0.1) is 12.2 Å². The zero-order valence-corrected chi connectivity index (χ0v) is 19.2. The lowest BCUT2D eigenvalue weighted by Crippen LogP contribution is -2.61. The Morgan fingerprint density at radius 1 is 1.23 bits per heavy atom. The van der Waals surface area contributed by atoms with Crippen molar-refractivity contribution < 1.29 is 19.2 Å². The monoisotopic (exact) mass is 446 g/mol. The predicted octanol–water partition coefficient (Wildman–Crippen LogP) is 4.56. The number of nitrogens with one attached hydrogen (secondary N) is 1. The molecule has 7 rings (SSSR count). The van der Waals surface area contributed by atoms with Gasteiger partial charge in [0.2, 0.25) is 5.76 Å². The summed E-state index contributed by atoms with van der Waals surface area (Å²) in [6.45, 7) is 2.86. The second-order valence-corrected chi connectivity index (χ2v) is 12.8. The van der Waals surface area contributed by atoms with Crippen LogP contribution in [0, 0.1) is 23.2 Å². The molecule has 6 aliphatic rings. The van der Waals surface area contributed by atoms with Crippen LogP contribution in [0.25, 0.3) is 0 Å². The molecule has 6 aliphatic carbocycles. The average Bonchev–Trinajstić information content (AvgIpc) is 3.10. The highest BCUT2D eigenvalue weighted by Gasteiger charge is 2.55. The summed E-state index contributed by atoms with van der Waals surface area (Å²) in [5.74, 6) is 2.03. The van der Waals surface area contributed by atoms with E-state index < -0.39 is 5.60 Å². The normalized spacial score (nSPS) is 37.9. The third-order valence-corrected chi connectivity index (χ3v) is 10.0. The van der Waals surface area contributed by atoms with E-state index in [1.807, 2.05) is 0 Å². The van der Waals surface area contributed by atoms with E-state index in [1.165, 1.54) is 38.5 Å². The Morgan fingerprint density at radius 3 is 2.58 bits per heavy atom. The molecule has 6 nitrogen and oxygen atoms in total. The third kappa shape index (κ3) is 3.90. The van der Waals surface area contributed by atoms with Crippen molar-refractivity contribution in [2.75, 3.05) is 6.61 Å². The summed E-state index contributed by atoms with van der Waals surface area (Å²) in [6.07, 6.45) is 12.0. The van der Waals surface area contributed by atoms with Gasteiger partial charge in [0.1, 0.15) is 4.90 Å². The number of aromatic nitrogens is 1. The second-order valence-electron chi connectivity index (χ2n) is 11.5. The molecule has 2 atom stereocenters. The maximum Gasteiger partial charge on any atom is 0.291 e. The van der Waals surface area contributed by atoms with Gasteiger partial charge in [0.25, 0.3) is 11.8 Å². The molecule has 4 bridgehead atoms. The van der Waals surface area contributed by atoms with Gasteiger partial charge in [-0.3, -0.25) is 4.79 Å². The van der Waals surface area contributed by atoms with Crippen LogP contribution in [-0.2, 0) is 0 Å². The van der Waals surface area contributed by atoms with Gasteiger partial charge in [-0.2, -0.15) is 0 Å². The fraction of sp³-hybridized carbons (Fsp3) is 0.833. The van der Waals surface area contributed by atoms with Crippen molar-refractivity contribution in [3.8, 4) is 5.88 Å². The molecule has 6 saturated carbocycles. The van der Waals surface area contributed by atoms with Crippen LogP contribution >= 0.6 is 11.8 Å². The minimum atomic E-state index is -0.493. The molecule has 1 aromatic heterocycles. The van der Waals surface area contributed by atoms with Crippen LogP contribution < -0.4 is 10.1 Å². The summed E-state index contributed by atoms with van der Waals surface area (Å²) in [5, 5.41) is 18.8. The number of aliphatic hydroxyl groups is 1. The molecule has 0 spiro atoms. The molecule has 2 unspecified atom stereocenters. The number of rotatable bonds is 7. The van der Waals surface area contributed by atoms with Gasteiger partial charge in [0.15, 0.2) is 0 Å². The van der Waals surface area contributed by atoms with Crippen molar-refractivity contribution in [2.24, 2.45) is 23.2 Å². The van der Waals surface area contributed by atoms with Crippen molar-refractivity contribution in [2.45, 2.75) is 99.3 Å². The van der Waals surface area contributed by atoms with Crippen LogP contribution in [0.4, 0.5) is 0 Å². The fourth-order valence-corrected chi connectivity index (χ4v) is 8.15. The van der Waals surface area contributed by atoms with Gasteiger partial charge in [-0.25, -0.2) is 0 Å². The van der Waals surface area contributed by atoms with Crippen LogP contribution in [0.15, 0.2) is 9.42 Å². The highest BCUT2D eigenvalue weighted by molar-refractivity contribution is 8.00. The molecule has 0 aliphatic heterocycles. The lowest BCUT2D eigenvalue weighted by atomic mass is 9.52. The van der Waals surface area contributed by atoms with Crippen molar-refractivity contribution in [1.82, 2.24) is 10.5 Å². The number of carbonyl (C=O) groups is 1. The van der Waals surface area contributed by atoms with Gasteiger partial charge in [-0.05, 0) is 80.7 Å². The number of ether oxygens (including phenoxy) is 1. The minimum absolute atomic E-state index is 0.133. The van der Waals surface area contributed by atoms with E-state index >= 15 is 0 Å². The number of amides is 1. The molecule has 1 heterocycles. The predicted molar refractivity (Wildman–Crippen MR) is 117 cm³/mol. The Hall–Kier alpha value is -1.21. The van der Waals surface area contributed by atoms with Gasteiger partial charge < -0.3 is 19.7 Å². The summed E-state index contributed by atoms with van der Waals surface area (Å²) in [5.41, 5.74) is -0.245. The Kier molecular flexibility index (Phi) is 4.87. The number of hydrogen-bond donors (Lipinski definition) is 2. The highest BCUT2D eigenvalue weighted by atomic mass is 32.2. The lowest BCUT2D eigenvalue weighted by molar-refractivity contribution is -0.137. The molecule has 1 aromatic rings. The van der Waals surface area contributed by atoms with E-state index in [2.05, 4.69) is 17.4 Å². The van der Waals surface area contributed by atoms with Crippen LogP contribution in [0.3, 0.4) is 0 Å². The van der Waals surface area contributed by atoms with E-state index in [0.29, 0.717) is 41.3 Å². The number of hydrogen-bond acceptors (Lipinski definition) is 6. The molecular weight excluding hydrogens is 412 g/mol. The summed E-state index contributed by atoms with van der Waals surface area (Å²) in [7, 11) is 0. The first-order valence-corrected chi connectivity index (χ1v) is 13.1. The highest BCUT2D eigenvalue weighted by Crippen LogP contribution is 2.56. The molecule has 0 saturated heterocycles. The quantitative estimate of drug-likeness (QED) is 0.639. The topological polar surface area (TPSA) is 84.6 Å². The SMILES string of the molecule is CC1(COc2noc(C(=O)NC3C4CC5CC3CC(O)(C5)C4)c2SC2CCCC2)CC1. The first kappa shape index (κ1) is 20.4. The lowest BCUT2D eigenvalue weighted by Gasteiger charge is -2.58. The molecule has 0 aromatic carbocycles. The maximum absolute atomic E-state index is 13.4. The molecule has 2 N–H and O–H groups in total. The van der Waals surface area contributed by atoms with Crippen molar-refractivity contribution in [3.63, 3.8) is 0 Å². The van der Waals surface area contributed by atoms with Crippen LogP contribution in [0.1, 0.15) is 88.1 Å². The Balaban J connectivity index is 1.20. The summed E-state index contributed by atoms with van der Waals surface area (Å²) < 4.78 is 11.7. The zero-order valence-electron chi connectivity index (χ0n) is 18.4. The largest absolute Gasteiger partial charge is 0.474 e. The van der Waals surface area contributed by atoms with E-state index in [0.717, 1.165) is 37.0 Å². The first-order chi connectivity index (χ1) is 14.9. The van der Waals surface area contributed by atoms with Crippen molar-refractivity contribution in [1.29, 1.82) is 0 Å². The van der Waals surface area contributed by atoms with E-state index in [1.54, 1.807) is 11.8 Å².